The zero-order valence-corrected chi connectivity index (χ0v) is 11.7. The molecule has 0 radical (unpaired) electrons. The zero-order chi connectivity index (χ0) is 14.5. The van der Waals surface area contributed by atoms with E-state index in [-0.39, 0.29) is 5.91 Å². The number of hydrogen-bond donors (Lipinski definition) is 1. The van der Waals surface area contributed by atoms with Gasteiger partial charge < -0.3 is 19.4 Å². The summed E-state index contributed by atoms with van der Waals surface area (Å²) in [7, 11) is 4.80. The van der Waals surface area contributed by atoms with Gasteiger partial charge in [0.2, 0.25) is 0 Å². The van der Waals surface area contributed by atoms with Crippen LogP contribution in [0.3, 0.4) is 0 Å². The quantitative estimate of drug-likeness (QED) is 0.901. The minimum Gasteiger partial charge on any atom is -0.497 e. The van der Waals surface area contributed by atoms with Crippen LogP contribution in [0.2, 0.25) is 0 Å². The van der Waals surface area contributed by atoms with Crippen LogP contribution in [0.15, 0.2) is 30.6 Å². The van der Waals surface area contributed by atoms with Crippen LogP contribution in [0.25, 0.3) is 0 Å². The predicted molar refractivity (Wildman–Crippen MR) is 73.9 cm³/mol. The van der Waals surface area contributed by atoms with E-state index in [9.17, 15) is 4.79 Å². The van der Waals surface area contributed by atoms with Gasteiger partial charge in [-0.2, -0.15) is 0 Å². The number of aromatic nitrogens is 2. The molecular weight excluding hydrogens is 258 g/mol. The maximum atomic E-state index is 12.5. The minimum atomic E-state index is -0.155. The summed E-state index contributed by atoms with van der Waals surface area (Å²) in [5.41, 5.74) is 0.459. The lowest BCUT2D eigenvalue weighted by Gasteiger charge is -2.18. The molecule has 1 heterocycles. The van der Waals surface area contributed by atoms with Crippen LogP contribution in [0.1, 0.15) is 16.2 Å². The van der Waals surface area contributed by atoms with Crippen LogP contribution >= 0.6 is 0 Å². The number of rotatable bonds is 5. The van der Waals surface area contributed by atoms with E-state index in [0.717, 1.165) is 5.82 Å². The largest absolute Gasteiger partial charge is 0.497 e. The second kappa shape index (κ2) is 6.10. The first-order valence-electron chi connectivity index (χ1n) is 6.11. The maximum Gasteiger partial charge on any atom is 0.257 e. The Hall–Kier alpha value is -2.50. The fourth-order valence-electron chi connectivity index (χ4n) is 1.87. The van der Waals surface area contributed by atoms with Crippen molar-refractivity contribution in [2.24, 2.45) is 0 Å². The molecule has 0 aliphatic carbocycles. The normalized spacial score (nSPS) is 10.2. The highest BCUT2D eigenvalue weighted by atomic mass is 16.5. The number of H-pyrrole nitrogens is 1. The first-order valence-corrected chi connectivity index (χ1v) is 6.11. The summed E-state index contributed by atoms with van der Waals surface area (Å²) in [5.74, 6) is 1.70. The number of imidazole rings is 1. The Morgan fingerprint density at radius 3 is 2.75 bits per heavy atom. The Balaban J connectivity index is 2.22. The van der Waals surface area contributed by atoms with E-state index in [1.807, 2.05) is 0 Å². The summed E-state index contributed by atoms with van der Waals surface area (Å²) in [6.45, 7) is 0.395. The Morgan fingerprint density at radius 1 is 1.35 bits per heavy atom. The van der Waals surface area contributed by atoms with Gasteiger partial charge in [-0.15, -0.1) is 0 Å². The molecule has 0 saturated carbocycles. The SMILES string of the molecule is COc1ccc(OC)c(C(=O)N(C)Cc2ncc[nH]2)c1. The van der Waals surface area contributed by atoms with Crippen LogP contribution in [0.4, 0.5) is 0 Å². The fraction of sp³-hybridized carbons (Fsp3) is 0.286. The standard InChI is InChI=1S/C14H17N3O3/c1-17(9-13-15-6-7-16-13)14(18)11-8-10(19-2)4-5-12(11)20-3/h4-8H,9H2,1-3H3,(H,15,16). The minimum absolute atomic E-state index is 0.155. The number of nitrogens with zero attached hydrogens (tertiary/aromatic N) is 2. The number of ether oxygens (including phenoxy) is 2. The van der Waals surface area contributed by atoms with Gasteiger partial charge in [0.1, 0.15) is 17.3 Å². The predicted octanol–water partition coefficient (Wildman–Crippen LogP) is 1.70. The molecule has 1 N–H and O–H groups in total. The maximum absolute atomic E-state index is 12.5. The molecule has 0 fully saturated rings. The lowest BCUT2D eigenvalue weighted by Crippen LogP contribution is -2.27. The molecule has 20 heavy (non-hydrogen) atoms. The lowest BCUT2D eigenvalue weighted by atomic mass is 10.1. The van der Waals surface area contributed by atoms with Gasteiger partial charge >= 0.3 is 0 Å². The molecule has 0 aliphatic rings. The van der Waals surface area contributed by atoms with Crippen molar-refractivity contribution in [3.8, 4) is 11.5 Å². The number of benzene rings is 1. The number of methoxy groups -OCH3 is 2. The van der Waals surface area contributed by atoms with Crippen molar-refractivity contribution >= 4 is 5.91 Å². The Morgan fingerprint density at radius 2 is 2.15 bits per heavy atom. The molecule has 0 saturated heterocycles. The molecule has 2 rings (SSSR count). The van der Waals surface area contributed by atoms with E-state index in [1.165, 1.54) is 7.11 Å². The van der Waals surface area contributed by atoms with E-state index in [4.69, 9.17) is 9.47 Å². The van der Waals surface area contributed by atoms with Crippen LogP contribution in [-0.2, 0) is 6.54 Å². The topological polar surface area (TPSA) is 67.5 Å². The van der Waals surface area contributed by atoms with E-state index >= 15 is 0 Å². The van der Waals surface area contributed by atoms with Gasteiger partial charge in [-0.1, -0.05) is 0 Å². The first-order chi connectivity index (χ1) is 9.65. The average molecular weight is 275 g/mol. The Kier molecular flexibility index (Phi) is 4.24. The van der Waals surface area contributed by atoms with Gasteiger partial charge in [-0.05, 0) is 18.2 Å². The van der Waals surface area contributed by atoms with Crippen LogP contribution in [0.5, 0.6) is 11.5 Å². The number of carbonyl (C=O) groups is 1. The van der Waals surface area contributed by atoms with E-state index in [2.05, 4.69) is 9.97 Å². The van der Waals surface area contributed by atoms with Crippen LogP contribution in [-0.4, -0.2) is 42.0 Å². The van der Waals surface area contributed by atoms with Gasteiger partial charge in [-0.3, -0.25) is 4.79 Å². The van der Waals surface area contributed by atoms with E-state index < -0.39 is 0 Å². The molecule has 1 aromatic heterocycles. The molecule has 0 unspecified atom stereocenters. The van der Waals surface area contributed by atoms with Crippen molar-refractivity contribution in [1.82, 2.24) is 14.9 Å². The molecule has 1 aromatic carbocycles. The smallest absolute Gasteiger partial charge is 0.257 e. The van der Waals surface area contributed by atoms with Gasteiger partial charge in [0, 0.05) is 19.4 Å². The third-order valence-corrected chi connectivity index (χ3v) is 2.93. The average Bonchev–Trinajstić information content (AvgIpc) is 2.98. The molecule has 2 aromatic rings. The fourth-order valence-corrected chi connectivity index (χ4v) is 1.87. The molecule has 0 spiro atoms. The van der Waals surface area contributed by atoms with Crippen molar-refractivity contribution in [3.05, 3.63) is 42.0 Å². The highest BCUT2D eigenvalue weighted by Gasteiger charge is 2.18. The zero-order valence-electron chi connectivity index (χ0n) is 11.7. The van der Waals surface area contributed by atoms with Gasteiger partial charge in [0.15, 0.2) is 0 Å². The molecule has 6 heteroatoms. The van der Waals surface area contributed by atoms with Crippen molar-refractivity contribution < 1.29 is 14.3 Å². The summed E-state index contributed by atoms with van der Waals surface area (Å²) in [4.78, 5) is 21.1. The summed E-state index contributed by atoms with van der Waals surface area (Å²) in [6, 6.07) is 5.13. The van der Waals surface area contributed by atoms with Gasteiger partial charge in [0.05, 0.1) is 26.3 Å². The summed E-state index contributed by atoms with van der Waals surface area (Å²) in [5, 5.41) is 0. The lowest BCUT2D eigenvalue weighted by molar-refractivity contribution is 0.0778. The molecule has 0 aliphatic heterocycles. The van der Waals surface area contributed by atoms with Crippen molar-refractivity contribution in [3.63, 3.8) is 0 Å². The van der Waals surface area contributed by atoms with Gasteiger partial charge in [-0.25, -0.2) is 4.98 Å². The molecule has 0 bridgehead atoms. The third-order valence-electron chi connectivity index (χ3n) is 2.93. The molecule has 0 atom stereocenters. The van der Waals surface area contributed by atoms with Crippen molar-refractivity contribution in [2.45, 2.75) is 6.54 Å². The van der Waals surface area contributed by atoms with Gasteiger partial charge in [0.25, 0.3) is 5.91 Å². The summed E-state index contributed by atoms with van der Waals surface area (Å²) in [6.07, 6.45) is 3.37. The molecule has 106 valence electrons. The van der Waals surface area contributed by atoms with E-state index in [1.54, 1.807) is 49.7 Å². The first kappa shape index (κ1) is 13.9. The highest BCUT2D eigenvalue weighted by molar-refractivity contribution is 5.97. The van der Waals surface area contributed by atoms with Crippen molar-refractivity contribution in [2.75, 3.05) is 21.3 Å². The summed E-state index contributed by atoms with van der Waals surface area (Å²) >= 11 is 0. The number of amides is 1. The highest BCUT2D eigenvalue weighted by Crippen LogP contribution is 2.25. The molecule has 1 amide bonds. The third kappa shape index (κ3) is 2.90. The van der Waals surface area contributed by atoms with Crippen LogP contribution in [0, 0.1) is 0 Å². The number of nitrogens with one attached hydrogen (secondary N) is 1. The monoisotopic (exact) mass is 275 g/mol. The Labute approximate surface area is 117 Å². The second-order valence-corrected chi connectivity index (χ2v) is 4.26. The van der Waals surface area contributed by atoms with E-state index in [0.29, 0.717) is 23.6 Å². The van der Waals surface area contributed by atoms with Crippen molar-refractivity contribution in [1.29, 1.82) is 0 Å². The molecule has 6 nitrogen and oxygen atoms in total. The molecular formula is C14H17N3O3. The second-order valence-electron chi connectivity index (χ2n) is 4.26. The number of hydrogen-bond acceptors (Lipinski definition) is 4. The number of aromatic amines is 1. The van der Waals surface area contributed by atoms with Crippen LogP contribution < -0.4 is 9.47 Å². The number of carbonyl (C=O) groups excluding carboxylic acids is 1. The summed E-state index contributed by atoms with van der Waals surface area (Å²) < 4.78 is 10.4. The Bertz CT molecular complexity index is 581.